The second kappa shape index (κ2) is 7.19. The number of aryl methyl sites for hydroxylation is 1. The summed E-state index contributed by atoms with van der Waals surface area (Å²) in [4.78, 5) is 11.9. The summed E-state index contributed by atoms with van der Waals surface area (Å²) in [7, 11) is 0. The molecule has 4 heteroatoms. The molecule has 1 saturated carbocycles. The zero-order chi connectivity index (χ0) is 12.8. The van der Waals surface area contributed by atoms with E-state index < -0.39 is 0 Å². The van der Waals surface area contributed by atoms with Gasteiger partial charge in [0.2, 0.25) is 5.91 Å². The van der Waals surface area contributed by atoms with Gasteiger partial charge in [-0.15, -0.1) is 0 Å². The van der Waals surface area contributed by atoms with E-state index in [4.69, 9.17) is 0 Å². The molecule has 2 rings (SSSR count). The first kappa shape index (κ1) is 13.9. The van der Waals surface area contributed by atoms with E-state index in [-0.39, 0.29) is 5.91 Å². The normalized spacial score (nSPS) is 23.8. The molecule has 18 heavy (non-hydrogen) atoms. The molecule has 0 radical (unpaired) electrons. The Kier molecular flexibility index (Phi) is 5.57. The second-order valence-electron chi connectivity index (χ2n) is 4.92. The van der Waals surface area contributed by atoms with E-state index in [0.717, 1.165) is 24.5 Å². The highest BCUT2D eigenvalue weighted by Crippen LogP contribution is 2.26. The van der Waals surface area contributed by atoms with Crippen LogP contribution in [0.5, 0.6) is 0 Å². The number of nitrogens with one attached hydrogen (secondary N) is 1. The molecule has 1 aromatic rings. The molecule has 0 aliphatic heterocycles. The van der Waals surface area contributed by atoms with Gasteiger partial charge in [0, 0.05) is 17.7 Å². The number of hydrogen-bond acceptors (Lipinski definition) is 3. The Bertz CT molecular complexity index is 364. The highest BCUT2D eigenvalue weighted by molar-refractivity contribution is 7.99. The Morgan fingerprint density at radius 3 is 3.17 bits per heavy atom. The van der Waals surface area contributed by atoms with Crippen molar-refractivity contribution in [2.45, 2.75) is 49.8 Å². The molecule has 100 valence electrons. The van der Waals surface area contributed by atoms with Crippen molar-refractivity contribution < 1.29 is 4.79 Å². The maximum absolute atomic E-state index is 11.9. The van der Waals surface area contributed by atoms with Gasteiger partial charge in [-0.3, -0.25) is 4.79 Å². The highest BCUT2D eigenvalue weighted by Gasteiger charge is 2.22. The van der Waals surface area contributed by atoms with Crippen molar-refractivity contribution in [1.82, 2.24) is 5.32 Å². The molecule has 1 heterocycles. The standard InChI is InChI=1S/C14H21NOS2/c1-17-13-4-2-3-12(9-13)15-14(16)6-5-11-7-8-18-10-11/h7-8,10,12-13H,2-6,9H2,1H3,(H,15,16). The maximum Gasteiger partial charge on any atom is 0.220 e. The summed E-state index contributed by atoms with van der Waals surface area (Å²) in [5.74, 6) is 0.216. The molecule has 1 aliphatic carbocycles. The number of carbonyl (C=O) groups is 1. The van der Waals surface area contributed by atoms with Crippen molar-refractivity contribution in [3.63, 3.8) is 0 Å². The fourth-order valence-corrected chi connectivity index (χ4v) is 4.01. The first-order valence-electron chi connectivity index (χ1n) is 6.61. The van der Waals surface area contributed by atoms with Crippen LogP contribution in [0.4, 0.5) is 0 Å². The van der Waals surface area contributed by atoms with Crippen LogP contribution in [0, 0.1) is 0 Å². The Hall–Kier alpha value is -0.480. The molecule has 1 aliphatic rings. The lowest BCUT2D eigenvalue weighted by Gasteiger charge is -2.28. The summed E-state index contributed by atoms with van der Waals surface area (Å²) in [5, 5.41) is 8.12. The number of thioether (sulfide) groups is 1. The predicted octanol–water partition coefficient (Wildman–Crippen LogP) is 3.47. The monoisotopic (exact) mass is 283 g/mol. The second-order valence-corrected chi connectivity index (χ2v) is 6.84. The average Bonchev–Trinajstić information content (AvgIpc) is 2.90. The lowest BCUT2D eigenvalue weighted by atomic mass is 9.95. The van der Waals surface area contributed by atoms with Gasteiger partial charge in [0.15, 0.2) is 0 Å². The van der Waals surface area contributed by atoms with E-state index in [1.807, 2.05) is 11.8 Å². The minimum absolute atomic E-state index is 0.216. The van der Waals surface area contributed by atoms with Gasteiger partial charge in [0.05, 0.1) is 0 Å². The Balaban J connectivity index is 1.70. The third-order valence-corrected chi connectivity index (χ3v) is 5.37. The molecule has 1 fully saturated rings. The van der Waals surface area contributed by atoms with E-state index in [9.17, 15) is 4.79 Å². The largest absolute Gasteiger partial charge is 0.353 e. The molecule has 0 aromatic carbocycles. The van der Waals surface area contributed by atoms with Gasteiger partial charge in [-0.05, 0) is 54.3 Å². The van der Waals surface area contributed by atoms with Gasteiger partial charge >= 0.3 is 0 Å². The molecular formula is C14H21NOS2. The summed E-state index contributed by atoms with van der Waals surface area (Å²) in [6.45, 7) is 0. The fourth-order valence-electron chi connectivity index (χ4n) is 2.48. The van der Waals surface area contributed by atoms with Crippen molar-refractivity contribution in [3.8, 4) is 0 Å². The van der Waals surface area contributed by atoms with E-state index in [1.54, 1.807) is 11.3 Å². The van der Waals surface area contributed by atoms with Crippen LogP contribution in [0.3, 0.4) is 0 Å². The quantitative estimate of drug-likeness (QED) is 0.896. The molecule has 1 N–H and O–H groups in total. The zero-order valence-corrected chi connectivity index (χ0v) is 12.5. The van der Waals surface area contributed by atoms with Gasteiger partial charge in [0.1, 0.15) is 0 Å². The van der Waals surface area contributed by atoms with Crippen LogP contribution < -0.4 is 5.32 Å². The van der Waals surface area contributed by atoms with Crippen molar-refractivity contribution in [1.29, 1.82) is 0 Å². The summed E-state index contributed by atoms with van der Waals surface area (Å²) < 4.78 is 0. The predicted molar refractivity (Wildman–Crippen MR) is 80.3 cm³/mol. The smallest absolute Gasteiger partial charge is 0.220 e. The summed E-state index contributed by atoms with van der Waals surface area (Å²) in [5.41, 5.74) is 1.28. The topological polar surface area (TPSA) is 29.1 Å². The van der Waals surface area contributed by atoms with E-state index >= 15 is 0 Å². The van der Waals surface area contributed by atoms with Crippen LogP contribution in [-0.4, -0.2) is 23.5 Å². The van der Waals surface area contributed by atoms with Gasteiger partial charge < -0.3 is 5.32 Å². The summed E-state index contributed by atoms with van der Waals surface area (Å²) >= 11 is 3.63. The molecule has 2 atom stereocenters. The van der Waals surface area contributed by atoms with Gasteiger partial charge in [-0.2, -0.15) is 23.1 Å². The average molecular weight is 283 g/mol. The Morgan fingerprint density at radius 2 is 2.44 bits per heavy atom. The minimum atomic E-state index is 0.216. The first-order valence-corrected chi connectivity index (χ1v) is 8.84. The van der Waals surface area contributed by atoms with Crippen LogP contribution in [0.25, 0.3) is 0 Å². The zero-order valence-electron chi connectivity index (χ0n) is 10.9. The van der Waals surface area contributed by atoms with Crippen LogP contribution in [0.15, 0.2) is 16.8 Å². The summed E-state index contributed by atoms with van der Waals surface area (Å²) in [6.07, 6.45) is 8.52. The molecule has 2 unspecified atom stereocenters. The van der Waals surface area contributed by atoms with Crippen molar-refractivity contribution in [2.24, 2.45) is 0 Å². The molecule has 1 amide bonds. The van der Waals surface area contributed by atoms with Gasteiger partial charge in [-0.1, -0.05) is 6.42 Å². The Labute approximate surface area is 118 Å². The van der Waals surface area contributed by atoms with E-state index in [2.05, 4.69) is 28.4 Å². The minimum Gasteiger partial charge on any atom is -0.353 e. The third-order valence-electron chi connectivity index (χ3n) is 3.55. The van der Waals surface area contributed by atoms with Gasteiger partial charge in [-0.25, -0.2) is 0 Å². The maximum atomic E-state index is 11.9. The first-order chi connectivity index (χ1) is 8.78. The van der Waals surface area contributed by atoms with Gasteiger partial charge in [0.25, 0.3) is 0 Å². The number of carbonyl (C=O) groups excluding carboxylic acids is 1. The number of thiophene rings is 1. The van der Waals surface area contributed by atoms with Crippen LogP contribution >= 0.6 is 23.1 Å². The third kappa shape index (κ3) is 4.32. The lowest BCUT2D eigenvalue weighted by Crippen LogP contribution is -2.39. The number of hydrogen-bond donors (Lipinski definition) is 1. The number of rotatable bonds is 5. The fraction of sp³-hybridized carbons (Fsp3) is 0.643. The van der Waals surface area contributed by atoms with Crippen LogP contribution in [0.2, 0.25) is 0 Å². The molecule has 0 saturated heterocycles. The van der Waals surface area contributed by atoms with E-state index in [0.29, 0.717) is 12.5 Å². The number of amides is 1. The molecule has 0 bridgehead atoms. The molecular weight excluding hydrogens is 262 g/mol. The molecule has 0 spiro atoms. The van der Waals surface area contributed by atoms with Crippen molar-refractivity contribution in [2.75, 3.05) is 6.26 Å². The van der Waals surface area contributed by atoms with Crippen LogP contribution in [0.1, 0.15) is 37.7 Å². The lowest BCUT2D eigenvalue weighted by molar-refractivity contribution is -0.121. The van der Waals surface area contributed by atoms with Crippen molar-refractivity contribution in [3.05, 3.63) is 22.4 Å². The Morgan fingerprint density at radius 1 is 1.56 bits per heavy atom. The van der Waals surface area contributed by atoms with Crippen molar-refractivity contribution >= 4 is 29.0 Å². The highest BCUT2D eigenvalue weighted by atomic mass is 32.2. The molecule has 1 aromatic heterocycles. The van der Waals surface area contributed by atoms with E-state index in [1.165, 1.54) is 18.4 Å². The van der Waals surface area contributed by atoms with Crippen LogP contribution in [-0.2, 0) is 11.2 Å². The molecule has 2 nitrogen and oxygen atoms in total. The SMILES string of the molecule is CSC1CCCC(NC(=O)CCc2ccsc2)C1. The summed E-state index contributed by atoms with van der Waals surface area (Å²) in [6, 6.07) is 2.51.